The summed E-state index contributed by atoms with van der Waals surface area (Å²) in [5.74, 6) is -2.86. The third kappa shape index (κ3) is 4.62. The molecule has 10 heteroatoms. The molecule has 0 radical (unpaired) electrons. The average Bonchev–Trinajstić information content (AvgIpc) is 3.30. The van der Waals surface area contributed by atoms with E-state index in [-0.39, 0.29) is 30.9 Å². The SMILES string of the molecule is CC(C)C(CO)N1C(=O)[C@@H]2C3C(=O)OCCC/C=C\[C@H]3OC23C=CCN(CCN2CCOCC2)C(=O)[C@@H]13. The Hall–Kier alpha value is -2.27. The summed E-state index contributed by atoms with van der Waals surface area (Å²) in [7, 11) is 0. The van der Waals surface area contributed by atoms with Crippen LogP contribution < -0.4 is 0 Å². The van der Waals surface area contributed by atoms with E-state index in [1.54, 1.807) is 4.90 Å². The number of nitrogens with zero attached hydrogens (tertiary/aromatic N) is 3. The van der Waals surface area contributed by atoms with E-state index in [0.717, 1.165) is 19.5 Å². The van der Waals surface area contributed by atoms with Crippen LogP contribution >= 0.6 is 0 Å². The van der Waals surface area contributed by atoms with E-state index in [0.29, 0.717) is 39.3 Å². The summed E-state index contributed by atoms with van der Waals surface area (Å²) in [6.07, 6.45) is 8.34. The van der Waals surface area contributed by atoms with E-state index in [1.807, 2.05) is 38.2 Å². The first-order valence-corrected chi connectivity index (χ1v) is 13.6. The monoisotopic (exact) mass is 517 g/mol. The van der Waals surface area contributed by atoms with Crippen molar-refractivity contribution in [2.45, 2.75) is 50.5 Å². The highest BCUT2D eigenvalue weighted by Crippen LogP contribution is 2.54. The number of aliphatic hydroxyl groups is 1. The van der Waals surface area contributed by atoms with E-state index in [9.17, 15) is 19.5 Å². The number of hydrogen-bond donors (Lipinski definition) is 1. The largest absolute Gasteiger partial charge is 0.465 e. The number of hydrogen-bond acceptors (Lipinski definition) is 8. The Morgan fingerprint density at radius 3 is 2.59 bits per heavy atom. The standard InChI is InChI=1S/C27H39N3O7/c1-18(2)19(17-31)30-23-25(33)29(11-10-28-12-15-35-16-13-28)9-6-8-27(23)22(24(30)32)21-20(37-27)7-4-3-5-14-36-26(21)34/h4,6-8,18-23,31H,3,5,9-17H2,1-2H3/b7-4-/t19?,20-,21?,22+,23-,27?/m1/s1. The molecule has 3 fully saturated rings. The van der Waals surface area contributed by atoms with Crippen molar-refractivity contribution in [1.29, 1.82) is 0 Å². The maximum atomic E-state index is 14.3. The maximum Gasteiger partial charge on any atom is 0.312 e. The normalized spacial score (nSPS) is 36.3. The maximum absolute atomic E-state index is 14.3. The first kappa shape index (κ1) is 26.3. The zero-order valence-corrected chi connectivity index (χ0v) is 21.8. The van der Waals surface area contributed by atoms with Gasteiger partial charge in [-0.3, -0.25) is 19.3 Å². The third-order valence-electron chi connectivity index (χ3n) is 8.48. The number of carbonyl (C=O) groups excluding carboxylic acids is 3. The fourth-order valence-electron chi connectivity index (χ4n) is 6.51. The number of morpholine rings is 1. The predicted molar refractivity (Wildman–Crippen MR) is 133 cm³/mol. The molecule has 0 aromatic carbocycles. The van der Waals surface area contributed by atoms with Crippen LogP contribution in [0.15, 0.2) is 24.3 Å². The van der Waals surface area contributed by atoms with Gasteiger partial charge in [0.25, 0.3) is 0 Å². The molecular formula is C27H39N3O7. The Balaban J connectivity index is 1.52. The van der Waals surface area contributed by atoms with Crippen molar-refractivity contribution in [2.24, 2.45) is 17.8 Å². The van der Waals surface area contributed by atoms with Gasteiger partial charge < -0.3 is 29.1 Å². The van der Waals surface area contributed by atoms with Crippen molar-refractivity contribution in [3.63, 3.8) is 0 Å². The van der Waals surface area contributed by atoms with Gasteiger partial charge in [-0.15, -0.1) is 0 Å². The first-order chi connectivity index (χ1) is 17.9. The molecule has 5 aliphatic rings. The van der Waals surface area contributed by atoms with Crippen LogP contribution in [0.2, 0.25) is 0 Å². The molecule has 5 aliphatic heterocycles. The molecule has 37 heavy (non-hydrogen) atoms. The molecule has 204 valence electrons. The van der Waals surface area contributed by atoms with E-state index >= 15 is 0 Å². The minimum atomic E-state index is -1.30. The van der Waals surface area contributed by atoms with Crippen molar-refractivity contribution in [1.82, 2.24) is 14.7 Å². The lowest BCUT2D eigenvalue weighted by molar-refractivity contribution is -0.156. The van der Waals surface area contributed by atoms with Crippen LogP contribution in [0.3, 0.4) is 0 Å². The summed E-state index contributed by atoms with van der Waals surface area (Å²) in [5, 5.41) is 10.3. The highest BCUT2D eigenvalue weighted by atomic mass is 16.6. The first-order valence-electron chi connectivity index (χ1n) is 13.6. The lowest BCUT2D eigenvalue weighted by atomic mass is 9.78. The van der Waals surface area contributed by atoms with Crippen LogP contribution in [-0.2, 0) is 28.6 Å². The summed E-state index contributed by atoms with van der Waals surface area (Å²) < 4.78 is 17.6. The lowest BCUT2D eigenvalue weighted by Crippen LogP contribution is -2.59. The number of cyclic esters (lactones) is 1. The summed E-state index contributed by atoms with van der Waals surface area (Å²) in [6, 6.07) is -1.55. The highest BCUT2D eigenvalue weighted by molar-refractivity contribution is 5.99. The topological polar surface area (TPSA) is 109 Å². The Bertz CT molecular complexity index is 946. The number of carbonyl (C=O) groups is 3. The quantitative estimate of drug-likeness (QED) is 0.394. The predicted octanol–water partition coefficient (Wildman–Crippen LogP) is 0.208. The Labute approximate surface area is 218 Å². The van der Waals surface area contributed by atoms with E-state index in [2.05, 4.69) is 4.90 Å². The number of esters is 1. The van der Waals surface area contributed by atoms with Gasteiger partial charge in [0.2, 0.25) is 11.8 Å². The van der Waals surface area contributed by atoms with Crippen molar-refractivity contribution in [3.8, 4) is 0 Å². The van der Waals surface area contributed by atoms with E-state index in [1.165, 1.54) is 4.90 Å². The number of fused-ring (bicyclic) bond motifs is 2. The minimum absolute atomic E-state index is 0.102. The van der Waals surface area contributed by atoms with Gasteiger partial charge in [-0.2, -0.15) is 0 Å². The number of ether oxygens (including phenoxy) is 3. The Morgan fingerprint density at radius 1 is 1.08 bits per heavy atom. The zero-order chi connectivity index (χ0) is 26.2. The molecule has 5 rings (SSSR count). The molecule has 1 N–H and O–H groups in total. The molecule has 5 heterocycles. The second-order valence-electron chi connectivity index (χ2n) is 11.0. The fraction of sp³-hybridized carbons (Fsp3) is 0.741. The van der Waals surface area contributed by atoms with Gasteiger partial charge in [0.15, 0.2) is 0 Å². The number of allylic oxidation sites excluding steroid dienone is 1. The molecule has 10 nitrogen and oxygen atoms in total. The summed E-state index contributed by atoms with van der Waals surface area (Å²) in [6.45, 7) is 8.42. The van der Waals surface area contributed by atoms with Crippen LogP contribution in [0.5, 0.6) is 0 Å². The van der Waals surface area contributed by atoms with Crippen LogP contribution in [0.1, 0.15) is 26.7 Å². The molecule has 1 spiro atoms. The third-order valence-corrected chi connectivity index (χ3v) is 8.48. The number of likely N-dealkylation sites (tertiary alicyclic amines) is 1. The van der Waals surface area contributed by atoms with Gasteiger partial charge in [0, 0.05) is 32.7 Å². The highest BCUT2D eigenvalue weighted by Gasteiger charge is 2.72. The minimum Gasteiger partial charge on any atom is -0.465 e. The van der Waals surface area contributed by atoms with Crippen molar-refractivity contribution in [2.75, 3.05) is 59.2 Å². The number of aliphatic hydroxyl groups excluding tert-OH is 1. The van der Waals surface area contributed by atoms with Crippen molar-refractivity contribution < 1.29 is 33.7 Å². The van der Waals surface area contributed by atoms with Crippen LogP contribution in [-0.4, -0.2) is 121 Å². The summed E-state index contributed by atoms with van der Waals surface area (Å²) in [5.41, 5.74) is -1.30. The molecule has 2 amide bonds. The molecular weight excluding hydrogens is 478 g/mol. The van der Waals surface area contributed by atoms with Crippen molar-refractivity contribution >= 4 is 17.8 Å². The molecule has 3 saturated heterocycles. The van der Waals surface area contributed by atoms with Crippen LogP contribution in [0.4, 0.5) is 0 Å². The molecule has 3 unspecified atom stereocenters. The zero-order valence-electron chi connectivity index (χ0n) is 21.8. The van der Waals surface area contributed by atoms with Gasteiger partial charge in [0.1, 0.15) is 17.6 Å². The molecule has 0 aliphatic carbocycles. The second-order valence-corrected chi connectivity index (χ2v) is 11.0. The molecule has 0 aromatic heterocycles. The van der Waals surface area contributed by atoms with E-state index < -0.39 is 41.6 Å². The van der Waals surface area contributed by atoms with Crippen LogP contribution in [0, 0.1) is 17.8 Å². The smallest absolute Gasteiger partial charge is 0.312 e. The number of rotatable bonds is 6. The fourth-order valence-corrected chi connectivity index (χ4v) is 6.51. The van der Waals surface area contributed by atoms with Crippen molar-refractivity contribution in [3.05, 3.63) is 24.3 Å². The van der Waals surface area contributed by atoms with Gasteiger partial charge in [-0.1, -0.05) is 38.2 Å². The second kappa shape index (κ2) is 10.8. The molecule has 0 bridgehead atoms. The van der Waals surface area contributed by atoms with Gasteiger partial charge in [-0.05, 0) is 18.8 Å². The summed E-state index contributed by atoms with van der Waals surface area (Å²) >= 11 is 0. The van der Waals surface area contributed by atoms with Gasteiger partial charge >= 0.3 is 5.97 Å². The number of amides is 2. The lowest BCUT2D eigenvalue weighted by Gasteiger charge is -2.40. The average molecular weight is 518 g/mol. The molecule has 6 atom stereocenters. The molecule has 0 aromatic rings. The summed E-state index contributed by atoms with van der Waals surface area (Å²) in [4.78, 5) is 47.3. The Morgan fingerprint density at radius 2 is 1.86 bits per heavy atom. The van der Waals surface area contributed by atoms with Gasteiger partial charge in [-0.25, -0.2) is 0 Å². The van der Waals surface area contributed by atoms with Crippen LogP contribution in [0.25, 0.3) is 0 Å². The Kier molecular flexibility index (Phi) is 7.72. The van der Waals surface area contributed by atoms with Gasteiger partial charge in [0.05, 0.1) is 44.5 Å². The van der Waals surface area contributed by atoms with E-state index in [4.69, 9.17) is 14.2 Å². The molecule has 0 saturated carbocycles.